The van der Waals surface area contributed by atoms with E-state index < -0.39 is 0 Å². The molecule has 0 N–H and O–H groups in total. The molecular formula is C13H25I3. The molecule has 0 spiro atoms. The first-order chi connectivity index (χ1) is 7.70. The van der Waals surface area contributed by atoms with Crippen molar-refractivity contribution < 1.29 is 0 Å². The van der Waals surface area contributed by atoms with Gasteiger partial charge in [0.2, 0.25) is 0 Å². The van der Waals surface area contributed by atoms with Gasteiger partial charge in [-0.3, -0.25) is 0 Å². The SMILES string of the molecule is CCCCCCC(I)CCCC(I)CCI. The van der Waals surface area contributed by atoms with Crippen molar-refractivity contribution in [3.8, 4) is 0 Å². The molecule has 0 saturated heterocycles. The largest absolute Gasteiger partial charge is 0.0863 e. The van der Waals surface area contributed by atoms with Crippen molar-refractivity contribution in [1.82, 2.24) is 0 Å². The van der Waals surface area contributed by atoms with E-state index in [1.807, 2.05) is 0 Å². The first-order valence-electron chi connectivity index (χ1n) is 6.54. The van der Waals surface area contributed by atoms with Crippen LogP contribution >= 0.6 is 67.8 Å². The van der Waals surface area contributed by atoms with Crippen LogP contribution in [0.5, 0.6) is 0 Å². The molecule has 0 aliphatic carbocycles. The smallest absolute Gasteiger partial charge is 0.0117 e. The molecule has 0 aliphatic heterocycles. The zero-order valence-electron chi connectivity index (χ0n) is 10.4. The minimum Gasteiger partial charge on any atom is -0.0863 e. The van der Waals surface area contributed by atoms with Gasteiger partial charge in [0.1, 0.15) is 0 Å². The first kappa shape index (κ1) is 18.2. The fourth-order valence-electron chi connectivity index (χ4n) is 1.76. The van der Waals surface area contributed by atoms with Crippen LogP contribution in [-0.2, 0) is 0 Å². The van der Waals surface area contributed by atoms with Crippen LogP contribution in [0.2, 0.25) is 0 Å². The van der Waals surface area contributed by atoms with Gasteiger partial charge in [-0.25, -0.2) is 0 Å². The summed E-state index contributed by atoms with van der Waals surface area (Å²) < 4.78 is 3.16. The predicted molar refractivity (Wildman–Crippen MR) is 102 cm³/mol. The van der Waals surface area contributed by atoms with E-state index in [9.17, 15) is 0 Å². The third kappa shape index (κ3) is 12.6. The fourth-order valence-corrected chi connectivity index (χ4v) is 5.34. The highest BCUT2D eigenvalue weighted by atomic mass is 127. The summed E-state index contributed by atoms with van der Waals surface area (Å²) in [6, 6.07) is 0. The summed E-state index contributed by atoms with van der Waals surface area (Å²) in [5.74, 6) is 0. The maximum Gasteiger partial charge on any atom is 0.0117 e. The molecule has 0 fully saturated rings. The number of rotatable bonds is 11. The summed E-state index contributed by atoms with van der Waals surface area (Å²) in [5.41, 5.74) is 0. The van der Waals surface area contributed by atoms with Gasteiger partial charge in [-0.15, -0.1) is 0 Å². The van der Waals surface area contributed by atoms with Crippen molar-refractivity contribution in [2.45, 2.75) is 72.6 Å². The molecule has 2 unspecified atom stereocenters. The lowest BCUT2D eigenvalue weighted by atomic mass is 10.1. The van der Waals surface area contributed by atoms with E-state index in [0.29, 0.717) is 0 Å². The van der Waals surface area contributed by atoms with Crippen molar-refractivity contribution in [3.05, 3.63) is 0 Å². The number of hydrogen-bond acceptors (Lipinski definition) is 0. The molecule has 0 aromatic rings. The average molecular weight is 562 g/mol. The van der Waals surface area contributed by atoms with Gasteiger partial charge in [0.25, 0.3) is 0 Å². The highest BCUT2D eigenvalue weighted by molar-refractivity contribution is 14.1. The maximum absolute atomic E-state index is 2.66. The van der Waals surface area contributed by atoms with Crippen LogP contribution in [0.3, 0.4) is 0 Å². The van der Waals surface area contributed by atoms with Crippen LogP contribution in [0.25, 0.3) is 0 Å². The normalized spacial score (nSPS) is 15.0. The lowest BCUT2D eigenvalue weighted by molar-refractivity contribution is 0.582. The van der Waals surface area contributed by atoms with Crippen LogP contribution in [0.4, 0.5) is 0 Å². The Balaban J connectivity index is 3.26. The van der Waals surface area contributed by atoms with Crippen LogP contribution in [-0.4, -0.2) is 12.3 Å². The second-order valence-electron chi connectivity index (χ2n) is 4.45. The van der Waals surface area contributed by atoms with Crippen molar-refractivity contribution in [2.75, 3.05) is 4.43 Å². The standard InChI is InChI=1S/C13H25I3/c1-2-3-4-5-7-12(15)8-6-9-13(16)10-11-14/h12-13H,2-11H2,1H3. The highest BCUT2D eigenvalue weighted by Gasteiger charge is 2.06. The zero-order valence-corrected chi connectivity index (χ0v) is 16.8. The second kappa shape index (κ2) is 13.6. The Morgan fingerprint density at radius 2 is 1.31 bits per heavy atom. The third-order valence-electron chi connectivity index (χ3n) is 2.83. The third-order valence-corrected chi connectivity index (χ3v) is 5.94. The van der Waals surface area contributed by atoms with Crippen LogP contribution < -0.4 is 0 Å². The molecule has 98 valence electrons. The van der Waals surface area contributed by atoms with Crippen LogP contribution in [0, 0.1) is 0 Å². The molecule has 0 bridgehead atoms. The molecule has 0 radical (unpaired) electrons. The molecule has 0 aromatic heterocycles. The number of alkyl halides is 3. The van der Waals surface area contributed by atoms with Gasteiger partial charge in [0.05, 0.1) is 0 Å². The van der Waals surface area contributed by atoms with E-state index in [2.05, 4.69) is 74.7 Å². The Bertz CT molecular complexity index is 139. The van der Waals surface area contributed by atoms with E-state index >= 15 is 0 Å². The molecule has 0 aromatic carbocycles. The summed E-state index contributed by atoms with van der Waals surface area (Å²) in [6.07, 6.45) is 12.8. The zero-order chi connectivity index (χ0) is 12.2. The van der Waals surface area contributed by atoms with Gasteiger partial charge in [0, 0.05) is 12.3 Å². The van der Waals surface area contributed by atoms with E-state index in [1.54, 1.807) is 0 Å². The van der Waals surface area contributed by atoms with Crippen LogP contribution in [0.15, 0.2) is 0 Å². The summed E-state index contributed by atoms with van der Waals surface area (Å²) >= 11 is 7.77. The molecule has 3 heteroatoms. The number of unbranched alkanes of at least 4 members (excludes halogenated alkanes) is 3. The Morgan fingerprint density at radius 1 is 0.750 bits per heavy atom. The molecule has 2 atom stereocenters. The molecule has 0 amide bonds. The average Bonchev–Trinajstić information content (AvgIpc) is 2.25. The molecule has 0 heterocycles. The summed E-state index contributed by atoms with van der Waals surface area (Å²) in [4.78, 5) is 0. The Kier molecular flexibility index (Phi) is 15.5. The van der Waals surface area contributed by atoms with Gasteiger partial charge < -0.3 is 0 Å². The minimum absolute atomic E-state index is 0.915. The van der Waals surface area contributed by atoms with Gasteiger partial charge in [-0.05, 0) is 25.7 Å². The topological polar surface area (TPSA) is 0 Å². The molecule has 0 saturated carbocycles. The Hall–Kier alpha value is 2.19. The summed E-state index contributed by atoms with van der Waals surface area (Å²) in [6.45, 7) is 2.29. The van der Waals surface area contributed by atoms with Crippen molar-refractivity contribution in [2.24, 2.45) is 0 Å². The summed E-state index contributed by atoms with van der Waals surface area (Å²) in [7, 11) is 0. The number of halogens is 3. The minimum atomic E-state index is 0.915. The van der Waals surface area contributed by atoms with Crippen LogP contribution in [0.1, 0.15) is 64.7 Å². The van der Waals surface area contributed by atoms with Gasteiger partial charge in [-0.1, -0.05) is 107 Å². The van der Waals surface area contributed by atoms with Crippen molar-refractivity contribution >= 4 is 67.8 Å². The molecule has 0 rings (SSSR count). The van der Waals surface area contributed by atoms with E-state index in [0.717, 1.165) is 7.85 Å². The quantitative estimate of drug-likeness (QED) is 0.152. The fraction of sp³-hybridized carbons (Fsp3) is 1.00. The second-order valence-corrected chi connectivity index (χ2v) is 9.05. The Morgan fingerprint density at radius 3 is 1.88 bits per heavy atom. The van der Waals surface area contributed by atoms with Gasteiger partial charge >= 0.3 is 0 Å². The monoisotopic (exact) mass is 562 g/mol. The molecule has 16 heavy (non-hydrogen) atoms. The first-order valence-corrected chi connectivity index (χ1v) is 10.6. The highest BCUT2D eigenvalue weighted by Crippen LogP contribution is 2.21. The van der Waals surface area contributed by atoms with Crippen molar-refractivity contribution in [1.29, 1.82) is 0 Å². The van der Waals surface area contributed by atoms with E-state index in [1.165, 1.54) is 62.2 Å². The van der Waals surface area contributed by atoms with E-state index in [-0.39, 0.29) is 0 Å². The molecule has 0 aliphatic rings. The maximum atomic E-state index is 2.66. The summed E-state index contributed by atoms with van der Waals surface area (Å²) in [5, 5.41) is 0. The van der Waals surface area contributed by atoms with Gasteiger partial charge in [-0.2, -0.15) is 0 Å². The number of hydrogen-bond donors (Lipinski definition) is 0. The van der Waals surface area contributed by atoms with E-state index in [4.69, 9.17) is 0 Å². The van der Waals surface area contributed by atoms with Gasteiger partial charge in [0.15, 0.2) is 0 Å². The molecular weight excluding hydrogens is 537 g/mol. The molecule has 0 nitrogen and oxygen atoms in total. The lowest BCUT2D eigenvalue weighted by Gasteiger charge is -2.11. The van der Waals surface area contributed by atoms with Crippen molar-refractivity contribution in [3.63, 3.8) is 0 Å². The Labute approximate surface area is 143 Å². The lowest BCUT2D eigenvalue weighted by Crippen LogP contribution is -2.02. The predicted octanol–water partition coefficient (Wildman–Crippen LogP) is 6.56.